The average molecular weight is 193 g/mol. The molecule has 14 heavy (non-hydrogen) atoms. The summed E-state index contributed by atoms with van der Waals surface area (Å²) in [6.07, 6.45) is 2.39. The fourth-order valence-electron chi connectivity index (χ4n) is 1.65. The summed E-state index contributed by atoms with van der Waals surface area (Å²) < 4.78 is 12.8. The number of benzene rings is 1. The molecule has 0 heterocycles. The molecule has 0 spiro atoms. The van der Waals surface area contributed by atoms with Crippen LogP contribution in [0.5, 0.6) is 0 Å². The van der Waals surface area contributed by atoms with E-state index in [1.165, 1.54) is 18.4 Å². The Morgan fingerprint density at radius 2 is 2.29 bits per heavy atom. The molecule has 76 valence electrons. The van der Waals surface area contributed by atoms with E-state index in [9.17, 15) is 4.39 Å². The summed E-state index contributed by atoms with van der Waals surface area (Å²) in [5.74, 6) is 0. The minimum atomic E-state index is -0.319. The third-order valence-electron chi connectivity index (χ3n) is 2.61. The van der Waals surface area contributed by atoms with Crippen LogP contribution in [-0.4, -0.2) is 12.7 Å². The molecule has 0 saturated heterocycles. The predicted molar refractivity (Wildman–Crippen MR) is 56.1 cm³/mol. The number of alkyl halides is 1. The Morgan fingerprint density at radius 3 is 2.86 bits per heavy atom. The van der Waals surface area contributed by atoms with Crippen molar-refractivity contribution in [2.75, 3.05) is 6.67 Å². The number of hydrogen-bond acceptors (Lipinski definition) is 1. The maximum Gasteiger partial charge on any atom is 0.109 e. The van der Waals surface area contributed by atoms with E-state index in [0.717, 1.165) is 5.56 Å². The number of rotatable bonds is 4. The van der Waals surface area contributed by atoms with Crippen LogP contribution in [0.15, 0.2) is 24.3 Å². The van der Waals surface area contributed by atoms with Gasteiger partial charge in [-0.3, -0.25) is 0 Å². The summed E-state index contributed by atoms with van der Waals surface area (Å²) in [5.41, 5.74) is 2.26. The molecular weight excluding hydrogens is 177 g/mol. The normalized spacial score (nSPS) is 18.1. The zero-order chi connectivity index (χ0) is 9.97. The van der Waals surface area contributed by atoms with E-state index in [1.807, 2.05) is 25.1 Å². The van der Waals surface area contributed by atoms with E-state index in [0.29, 0.717) is 6.04 Å². The Kier molecular flexibility index (Phi) is 2.82. The second kappa shape index (κ2) is 4.09. The maximum absolute atomic E-state index is 12.8. The van der Waals surface area contributed by atoms with E-state index >= 15 is 0 Å². The summed E-state index contributed by atoms with van der Waals surface area (Å²) in [6.45, 7) is 1.72. The van der Waals surface area contributed by atoms with Crippen molar-refractivity contribution in [1.29, 1.82) is 0 Å². The SMILES string of the molecule is Cc1cccc(C(CF)NC2CC2)c1. The number of hydrogen-bond donors (Lipinski definition) is 1. The van der Waals surface area contributed by atoms with Crippen molar-refractivity contribution in [2.45, 2.75) is 31.8 Å². The summed E-state index contributed by atoms with van der Waals surface area (Å²) in [5, 5.41) is 3.31. The number of halogens is 1. The number of aryl methyl sites for hydroxylation is 1. The molecule has 1 unspecified atom stereocenters. The zero-order valence-electron chi connectivity index (χ0n) is 8.46. The van der Waals surface area contributed by atoms with Gasteiger partial charge in [0, 0.05) is 6.04 Å². The summed E-state index contributed by atoms with van der Waals surface area (Å²) in [4.78, 5) is 0. The molecule has 0 radical (unpaired) electrons. The monoisotopic (exact) mass is 193 g/mol. The van der Waals surface area contributed by atoms with Gasteiger partial charge in [0.2, 0.25) is 0 Å². The fourth-order valence-corrected chi connectivity index (χ4v) is 1.65. The molecule has 1 nitrogen and oxygen atoms in total. The molecular formula is C12H16FN. The van der Waals surface area contributed by atoms with Gasteiger partial charge >= 0.3 is 0 Å². The molecule has 1 aliphatic rings. The van der Waals surface area contributed by atoms with E-state index in [2.05, 4.69) is 11.4 Å². The molecule has 0 aliphatic heterocycles. The van der Waals surface area contributed by atoms with Crippen molar-refractivity contribution >= 4 is 0 Å². The van der Waals surface area contributed by atoms with Gasteiger partial charge in [0.05, 0.1) is 6.04 Å². The third kappa shape index (κ3) is 2.32. The largest absolute Gasteiger partial charge is 0.305 e. The molecule has 1 aliphatic carbocycles. The lowest BCUT2D eigenvalue weighted by Crippen LogP contribution is -2.24. The summed E-state index contributed by atoms with van der Waals surface area (Å²) in [6, 6.07) is 8.52. The summed E-state index contributed by atoms with van der Waals surface area (Å²) in [7, 11) is 0. The standard InChI is InChI=1S/C12H16FN/c1-9-3-2-4-10(7-9)12(8-13)14-11-5-6-11/h2-4,7,11-12,14H,5-6,8H2,1H3. The smallest absolute Gasteiger partial charge is 0.109 e. The summed E-state index contributed by atoms with van der Waals surface area (Å²) >= 11 is 0. The number of nitrogens with one attached hydrogen (secondary N) is 1. The first-order chi connectivity index (χ1) is 6.79. The van der Waals surface area contributed by atoms with E-state index in [-0.39, 0.29) is 12.7 Å². The van der Waals surface area contributed by atoms with Crippen molar-refractivity contribution in [3.05, 3.63) is 35.4 Å². The molecule has 2 rings (SSSR count). The van der Waals surface area contributed by atoms with E-state index in [1.54, 1.807) is 0 Å². The first-order valence-electron chi connectivity index (χ1n) is 5.18. The Balaban J connectivity index is 2.08. The second-order valence-corrected chi connectivity index (χ2v) is 4.06. The molecule has 0 bridgehead atoms. The van der Waals surface area contributed by atoms with E-state index in [4.69, 9.17) is 0 Å². The second-order valence-electron chi connectivity index (χ2n) is 4.06. The van der Waals surface area contributed by atoms with Crippen LogP contribution in [0.4, 0.5) is 4.39 Å². The van der Waals surface area contributed by atoms with Crippen LogP contribution in [-0.2, 0) is 0 Å². The van der Waals surface area contributed by atoms with Gasteiger partial charge < -0.3 is 5.32 Å². The molecule has 1 aromatic carbocycles. The maximum atomic E-state index is 12.8. The van der Waals surface area contributed by atoms with Crippen LogP contribution in [0.2, 0.25) is 0 Å². The first-order valence-corrected chi connectivity index (χ1v) is 5.18. The molecule has 1 N–H and O–H groups in total. The van der Waals surface area contributed by atoms with E-state index < -0.39 is 0 Å². The molecule has 0 amide bonds. The van der Waals surface area contributed by atoms with Gasteiger partial charge in [0.15, 0.2) is 0 Å². The van der Waals surface area contributed by atoms with Crippen molar-refractivity contribution in [3.8, 4) is 0 Å². The minimum absolute atomic E-state index is 0.109. The van der Waals surface area contributed by atoms with Crippen molar-refractivity contribution in [2.24, 2.45) is 0 Å². The minimum Gasteiger partial charge on any atom is -0.305 e. The van der Waals surface area contributed by atoms with Crippen LogP contribution in [0.3, 0.4) is 0 Å². The van der Waals surface area contributed by atoms with Crippen LogP contribution >= 0.6 is 0 Å². The molecule has 1 atom stereocenters. The van der Waals surface area contributed by atoms with Gasteiger partial charge in [-0.05, 0) is 25.3 Å². The fraction of sp³-hybridized carbons (Fsp3) is 0.500. The molecule has 1 aromatic rings. The highest BCUT2D eigenvalue weighted by atomic mass is 19.1. The highest BCUT2D eigenvalue weighted by Gasteiger charge is 2.25. The topological polar surface area (TPSA) is 12.0 Å². The van der Waals surface area contributed by atoms with Crippen LogP contribution < -0.4 is 5.32 Å². The lowest BCUT2D eigenvalue weighted by atomic mass is 10.1. The Bertz CT molecular complexity index is 307. The van der Waals surface area contributed by atoms with Crippen molar-refractivity contribution in [3.63, 3.8) is 0 Å². The molecule has 0 aromatic heterocycles. The Hall–Kier alpha value is -0.890. The highest BCUT2D eigenvalue weighted by Crippen LogP contribution is 2.24. The van der Waals surface area contributed by atoms with Crippen LogP contribution in [0, 0.1) is 6.92 Å². The average Bonchev–Trinajstić information content (AvgIpc) is 2.98. The van der Waals surface area contributed by atoms with Gasteiger partial charge in [-0.15, -0.1) is 0 Å². The Labute approximate surface area is 84.3 Å². The van der Waals surface area contributed by atoms with Crippen LogP contribution in [0.1, 0.15) is 30.0 Å². The van der Waals surface area contributed by atoms with Gasteiger partial charge in [-0.25, -0.2) is 4.39 Å². The van der Waals surface area contributed by atoms with Crippen molar-refractivity contribution in [1.82, 2.24) is 5.32 Å². The quantitative estimate of drug-likeness (QED) is 0.775. The first kappa shape index (κ1) is 9.66. The molecule has 1 fully saturated rings. The molecule has 2 heteroatoms. The van der Waals surface area contributed by atoms with Crippen LogP contribution in [0.25, 0.3) is 0 Å². The molecule has 1 saturated carbocycles. The van der Waals surface area contributed by atoms with Gasteiger partial charge in [-0.1, -0.05) is 29.8 Å². The zero-order valence-corrected chi connectivity index (χ0v) is 8.46. The lowest BCUT2D eigenvalue weighted by Gasteiger charge is -2.15. The predicted octanol–water partition coefficient (Wildman–Crippen LogP) is 2.76. The van der Waals surface area contributed by atoms with Gasteiger partial charge in [0.1, 0.15) is 6.67 Å². The lowest BCUT2D eigenvalue weighted by molar-refractivity contribution is 0.380. The van der Waals surface area contributed by atoms with Gasteiger partial charge in [-0.2, -0.15) is 0 Å². The third-order valence-corrected chi connectivity index (χ3v) is 2.61. The van der Waals surface area contributed by atoms with Crippen molar-refractivity contribution < 1.29 is 4.39 Å². The highest BCUT2D eigenvalue weighted by molar-refractivity contribution is 5.25. The van der Waals surface area contributed by atoms with Gasteiger partial charge in [0.25, 0.3) is 0 Å². The Morgan fingerprint density at radius 1 is 1.50 bits per heavy atom.